The zero-order chi connectivity index (χ0) is 17.1. The molecule has 5 nitrogen and oxygen atoms in total. The van der Waals surface area contributed by atoms with E-state index in [0.29, 0.717) is 17.9 Å². The van der Waals surface area contributed by atoms with E-state index in [4.69, 9.17) is 9.57 Å². The van der Waals surface area contributed by atoms with E-state index in [1.54, 1.807) is 19.2 Å². The lowest BCUT2D eigenvalue weighted by Crippen LogP contribution is -2.28. The maximum atomic E-state index is 13.8. The Hall–Kier alpha value is -2.89. The summed E-state index contributed by atoms with van der Waals surface area (Å²) in [7, 11) is 1.57. The van der Waals surface area contributed by atoms with Gasteiger partial charge in [-0.3, -0.25) is 4.79 Å². The summed E-state index contributed by atoms with van der Waals surface area (Å²) in [6.07, 6.45) is -0.510. The molecule has 1 heterocycles. The van der Waals surface area contributed by atoms with Gasteiger partial charge in [0.2, 0.25) is 6.10 Å². The highest BCUT2D eigenvalue weighted by Crippen LogP contribution is 2.25. The highest BCUT2D eigenvalue weighted by atomic mass is 19.1. The number of nitrogens with zero attached hydrogens (tertiary/aromatic N) is 1. The van der Waals surface area contributed by atoms with E-state index in [1.807, 2.05) is 31.2 Å². The summed E-state index contributed by atoms with van der Waals surface area (Å²) in [5.74, 6) is -0.267. The Bertz CT molecular complexity index is 805. The maximum Gasteiger partial charge on any atom is 0.268 e. The van der Waals surface area contributed by atoms with Gasteiger partial charge < -0.3 is 14.9 Å². The van der Waals surface area contributed by atoms with E-state index in [-0.39, 0.29) is 5.69 Å². The molecule has 0 aliphatic carbocycles. The van der Waals surface area contributed by atoms with Gasteiger partial charge in [-0.05, 0) is 36.8 Å². The fourth-order valence-corrected chi connectivity index (χ4v) is 2.51. The number of carbonyl (C=O) groups excluding carboxylic acids is 1. The molecule has 2 aromatic rings. The second kappa shape index (κ2) is 6.70. The summed E-state index contributed by atoms with van der Waals surface area (Å²) in [6.45, 7) is 1.82. The summed E-state index contributed by atoms with van der Waals surface area (Å²) >= 11 is 0. The van der Waals surface area contributed by atoms with E-state index in [9.17, 15) is 9.18 Å². The second-order valence-corrected chi connectivity index (χ2v) is 5.51. The van der Waals surface area contributed by atoms with Crippen LogP contribution in [0.5, 0.6) is 5.75 Å². The van der Waals surface area contributed by atoms with E-state index in [2.05, 4.69) is 10.5 Å². The third kappa shape index (κ3) is 3.22. The fourth-order valence-electron chi connectivity index (χ4n) is 2.51. The highest BCUT2D eigenvalue weighted by Gasteiger charge is 2.30. The Morgan fingerprint density at radius 3 is 2.92 bits per heavy atom. The third-order valence-electron chi connectivity index (χ3n) is 3.76. The number of halogens is 1. The van der Waals surface area contributed by atoms with Crippen molar-refractivity contribution in [2.24, 2.45) is 5.16 Å². The van der Waals surface area contributed by atoms with E-state index in [1.165, 1.54) is 6.07 Å². The molecule has 1 atom stereocenters. The SMILES string of the molecule is COc1ccccc1C1=NOC(C(=O)Nc2cc(C)ccc2F)C1. The van der Waals surface area contributed by atoms with Crippen LogP contribution in [0.4, 0.5) is 10.1 Å². The van der Waals surface area contributed by atoms with Crippen LogP contribution in [0.2, 0.25) is 0 Å². The Morgan fingerprint density at radius 2 is 2.12 bits per heavy atom. The molecule has 2 aromatic carbocycles. The number of nitrogens with one attached hydrogen (secondary N) is 1. The summed E-state index contributed by atoms with van der Waals surface area (Å²) in [4.78, 5) is 17.5. The summed E-state index contributed by atoms with van der Waals surface area (Å²) in [5, 5.41) is 6.53. The number of para-hydroxylation sites is 1. The molecule has 6 heteroatoms. The highest BCUT2D eigenvalue weighted by molar-refractivity contribution is 6.07. The van der Waals surface area contributed by atoms with Crippen molar-refractivity contribution in [2.45, 2.75) is 19.4 Å². The lowest BCUT2D eigenvalue weighted by atomic mass is 10.0. The molecular formula is C18H17FN2O3. The summed E-state index contributed by atoms with van der Waals surface area (Å²) < 4.78 is 19.0. The Kier molecular flexibility index (Phi) is 4.46. The van der Waals surface area contributed by atoms with Crippen LogP contribution in [0.3, 0.4) is 0 Å². The average molecular weight is 328 g/mol. The lowest BCUT2D eigenvalue weighted by Gasteiger charge is -2.11. The number of methoxy groups -OCH3 is 1. The predicted molar refractivity (Wildman–Crippen MR) is 88.8 cm³/mol. The van der Waals surface area contributed by atoms with Crippen LogP contribution in [-0.4, -0.2) is 24.8 Å². The van der Waals surface area contributed by atoms with Crippen molar-refractivity contribution in [3.05, 3.63) is 59.4 Å². The molecule has 0 radical (unpaired) electrons. The number of ether oxygens (including phenoxy) is 1. The predicted octanol–water partition coefficient (Wildman–Crippen LogP) is 3.27. The number of benzene rings is 2. The first kappa shape index (κ1) is 16.0. The molecule has 1 aliphatic rings. The monoisotopic (exact) mass is 328 g/mol. The summed E-state index contributed by atoms with van der Waals surface area (Å²) in [5.41, 5.74) is 2.38. The molecule has 1 amide bonds. The van der Waals surface area contributed by atoms with Crippen LogP contribution in [0, 0.1) is 12.7 Å². The quantitative estimate of drug-likeness (QED) is 0.937. The number of hydrogen-bond donors (Lipinski definition) is 1. The van der Waals surface area contributed by atoms with Crippen LogP contribution in [0.15, 0.2) is 47.6 Å². The van der Waals surface area contributed by atoms with Crippen LogP contribution in [-0.2, 0) is 9.63 Å². The van der Waals surface area contributed by atoms with Crippen molar-refractivity contribution in [3.8, 4) is 5.75 Å². The van der Waals surface area contributed by atoms with Crippen molar-refractivity contribution < 1.29 is 18.8 Å². The van der Waals surface area contributed by atoms with Gasteiger partial charge in [-0.25, -0.2) is 4.39 Å². The third-order valence-corrected chi connectivity index (χ3v) is 3.76. The van der Waals surface area contributed by atoms with Gasteiger partial charge in [0.1, 0.15) is 11.6 Å². The van der Waals surface area contributed by atoms with Gasteiger partial charge >= 0.3 is 0 Å². The Morgan fingerprint density at radius 1 is 1.33 bits per heavy atom. The van der Waals surface area contributed by atoms with Crippen molar-refractivity contribution in [3.63, 3.8) is 0 Å². The van der Waals surface area contributed by atoms with Gasteiger partial charge in [0, 0.05) is 12.0 Å². The molecule has 0 spiro atoms. The molecule has 3 rings (SSSR count). The largest absolute Gasteiger partial charge is 0.496 e. The zero-order valence-corrected chi connectivity index (χ0v) is 13.4. The molecule has 1 aliphatic heterocycles. The molecule has 1 unspecified atom stereocenters. The van der Waals surface area contributed by atoms with Crippen molar-refractivity contribution in [1.29, 1.82) is 0 Å². The van der Waals surface area contributed by atoms with E-state index in [0.717, 1.165) is 11.1 Å². The number of aryl methyl sites for hydroxylation is 1. The van der Waals surface area contributed by atoms with Gasteiger partial charge in [-0.1, -0.05) is 23.4 Å². The topological polar surface area (TPSA) is 59.9 Å². The van der Waals surface area contributed by atoms with Gasteiger partial charge in [-0.15, -0.1) is 0 Å². The molecule has 124 valence electrons. The van der Waals surface area contributed by atoms with Gasteiger partial charge in [0.15, 0.2) is 0 Å². The Labute approximate surface area is 139 Å². The Balaban J connectivity index is 1.70. The first-order valence-corrected chi connectivity index (χ1v) is 7.51. The lowest BCUT2D eigenvalue weighted by molar-refractivity contribution is -0.125. The number of rotatable bonds is 4. The van der Waals surface area contributed by atoms with Crippen LogP contribution in [0.25, 0.3) is 0 Å². The van der Waals surface area contributed by atoms with Gasteiger partial charge in [0.05, 0.1) is 18.5 Å². The zero-order valence-electron chi connectivity index (χ0n) is 13.4. The van der Waals surface area contributed by atoms with Crippen LogP contribution >= 0.6 is 0 Å². The number of carbonyl (C=O) groups is 1. The summed E-state index contributed by atoms with van der Waals surface area (Å²) in [6, 6.07) is 11.9. The van der Waals surface area contributed by atoms with E-state index < -0.39 is 17.8 Å². The van der Waals surface area contributed by atoms with E-state index >= 15 is 0 Å². The molecule has 0 fully saturated rings. The number of amides is 1. The fraction of sp³-hybridized carbons (Fsp3) is 0.222. The normalized spacial score (nSPS) is 16.3. The van der Waals surface area contributed by atoms with Crippen LogP contribution < -0.4 is 10.1 Å². The first-order valence-electron chi connectivity index (χ1n) is 7.51. The standard InChI is InChI=1S/C18H17FN2O3/c1-11-7-8-13(19)15(9-11)20-18(22)17-10-14(21-24-17)12-5-3-4-6-16(12)23-2/h3-9,17H,10H2,1-2H3,(H,20,22). The van der Waals surface area contributed by atoms with Gasteiger partial charge in [-0.2, -0.15) is 0 Å². The molecule has 0 saturated heterocycles. The smallest absolute Gasteiger partial charge is 0.268 e. The number of oxime groups is 1. The second-order valence-electron chi connectivity index (χ2n) is 5.51. The molecule has 1 N–H and O–H groups in total. The van der Waals surface area contributed by atoms with Crippen molar-refractivity contribution >= 4 is 17.3 Å². The molecule has 0 bridgehead atoms. The molecule has 0 saturated carbocycles. The van der Waals surface area contributed by atoms with Crippen LogP contribution in [0.1, 0.15) is 17.5 Å². The molecule has 0 aromatic heterocycles. The number of anilines is 1. The minimum absolute atomic E-state index is 0.134. The maximum absolute atomic E-state index is 13.8. The first-order chi connectivity index (χ1) is 11.6. The number of hydrogen-bond acceptors (Lipinski definition) is 4. The average Bonchev–Trinajstić information content (AvgIpc) is 3.08. The minimum Gasteiger partial charge on any atom is -0.496 e. The van der Waals surface area contributed by atoms with Crippen molar-refractivity contribution in [2.75, 3.05) is 12.4 Å². The molecular weight excluding hydrogens is 311 g/mol. The van der Waals surface area contributed by atoms with Crippen molar-refractivity contribution in [1.82, 2.24) is 0 Å². The minimum atomic E-state index is -0.801. The van der Waals surface area contributed by atoms with Gasteiger partial charge in [0.25, 0.3) is 5.91 Å². The molecule has 24 heavy (non-hydrogen) atoms.